The van der Waals surface area contributed by atoms with Gasteiger partial charge in [0.1, 0.15) is 5.82 Å². The lowest BCUT2D eigenvalue weighted by atomic mass is 10.1. The highest BCUT2D eigenvalue weighted by molar-refractivity contribution is 5.91. The summed E-state index contributed by atoms with van der Waals surface area (Å²) in [5, 5.41) is 16.0. The number of piperidine rings is 1. The molecule has 0 saturated carbocycles. The maximum absolute atomic E-state index is 12.4. The summed E-state index contributed by atoms with van der Waals surface area (Å²) in [5.74, 6) is 2.66. The molecule has 0 unspecified atom stereocenters. The number of anilines is 2. The minimum Gasteiger partial charge on any atom is -0.493 e. The van der Waals surface area contributed by atoms with Crippen LogP contribution in [0, 0.1) is 0 Å². The van der Waals surface area contributed by atoms with Crippen LogP contribution in [0.15, 0.2) is 30.3 Å². The third-order valence-electron chi connectivity index (χ3n) is 5.24. The molecule has 0 aliphatic carbocycles. The maximum atomic E-state index is 12.4. The van der Waals surface area contributed by atoms with Gasteiger partial charge in [-0.2, -0.15) is 4.52 Å². The fourth-order valence-electron chi connectivity index (χ4n) is 3.63. The van der Waals surface area contributed by atoms with Crippen molar-refractivity contribution in [2.24, 2.45) is 0 Å². The van der Waals surface area contributed by atoms with Crippen molar-refractivity contribution in [2.45, 2.75) is 32.1 Å². The molecule has 0 spiro atoms. The van der Waals surface area contributed by atoms with Gasteiger partial charge in [-0.1, -0.05) is 0 Å². The topological polar surface area (TPSA) is 93.9 Å². The molecule has 0 bridgehead atoms. The van der Waals surface area contributed by atoms with Crippen LogP contribution in [0.1, 0.15) is 31.5 Å². The maximum Gasteiger partial charge on any atom is 0.224 e. The van der Waals surface area contributed by atoms with Crippen LogP contribution in [0.5, 0.6) is 11.5 Å². The lowest BCUT2D eigenvalue weighted by molar-refractivity contribution is -0.116. The third kappa shape index (κ3) is 4.29. The summed E-state index contributed by atoms with van der Waals surface area (Å²) in [5.41, 5.74) is 1.33. The number of rotatable bonds is 7. The molecule has 1 aromatic carbocycles. The summed E-state index contributed by atoms with van der Waals surface area (Å²) >= 11 is 0. The van der Waals surface area contributed by atoms with Gasteiger partial charge in [-0.05, 0) is 43.5 Å². The van der Waals surface area contributed by atoms with E-state index < -0.39 is 0 Å². The Bertz CT molecular complexity index is 1030. The number of ether oxygens (including phenoxy) is 2. The van der Waals surface area contributed by atoms with Crippen LogP contribution in [0.3, 0.4) is 0 Å². The van der Waals surface area contributed by atoms with Gasteiger partial charge in [-0.3, -0.25) is 4.79 Å². The van der Waals surface area contributed by atoms with Gasteiger partial charge >= 0.3 is 0 Å². The molecule has 1 aliphatic heterocycles. The zero-order valence-electron chi connectivity index (χ0n) is 17.3. The Labute approximate surface area is 175 Å². The summed E-state index contributed by atoms with van der Waals surface area (Å²) < 4.78 is 12.2. The van der Waals surface area contributed by atoms with Crippen molar-refractivity contribution in [3.05, 3.63) is 36.2 Å². The van der Waals surface area contributed by atoms with Crippen molar-refractivity contribution in [1.82, 2.24) is 19.8 Å². The molecule has 1 fully saturated rings. The fourth-order valence-corrected chi connectivity index (χ4v) is 3.63. The molecule has 1 aliphatic rings. The van der Waals surface area contributed by atoms with Crippen molar-refractivity contribution < 1.29 is 14.3 Å². The van der Waals surface area contributed by atoms with Gasteiger partial charge in [0.15, 0.2) is 23.0 Å². The van der Waals surface area contributed by atoms with Crippen LogP contribution in [0.2, 0.25) is 0 Å². The number of aryl methyl sites for hydroxylation is 1. The smallest absolute Gasteiger partial charge is 0.224 e. The molecular formula is C21H26N6O3. The van der Waals surface area contributed by atoms with Crippen molar-refractivity contribution in [3.8, 4) is 11.5 Å². The number of nitrogens with one attached hydrogen (secondary N) is 1. The van der Waals surface area contributed by atoms with E-state index in [0.29, 0.717) is 35.1 Å². The number of benzene rings is 1. The molecule has 4 rings (SSSR count). The van der Waals surface area contributed by atoms with Gasteiger partial charge in [-0.25, -0.2) is 0 Å². The molecule has 9 heteroatoms. The average molecular weight is 410 g/mol. The number of methoxy groups -OCH3 is 2. The van der Waals surface area contributed by atoms with Crippen molar-refractivity contribution in [3.63, 3.8) is 0 Å². The quantitative estimate of drug-likeness (QED) is 0.640. The number of hydrogen-bond donors (Lipinski definition) is 1. The zero-order valence-corrected chi connectivity index (χ0v) is 17.3. The van der Waals surface area contributed by atoms with E-state index in [2.05, 4.69) is 20.4 Å². The fraction of sp³-hybridized carbons (Fsp3) is 0.429. The number of carbonyl (C=O) groups excluding carboxylic acids is 1. The monoisotopic (exact) mass is 410 g/mol. The van der Waals surface area contributed by atoms with E-state index in [9.17, 15) is 4.79 Å². The highest BCUT2D eigenvalue weighted by Crippen LogP contribution is 2.29. The molecule has 3 heterocycles. The Balaban J connectivity index is 1.42. The zero-order chi connectivity index (χ0) is 20.9. The number of fused-ring (bicyclic) bond motifs is 1. The largest absolute Gasteiger partial charge is 0.493 e. The van der Waals surface area contributed by atoms with Crippen LogP contribution in [0.4, 0.5) is 11.5 Å². The first-order chi connectivity index (χ1) is 14.7. The lowest BCUT2D eigenvalue weighted by Crippen LogP contribution is -2.30. The summed E-state index contributed by atoms with van der Waals surface area (Å²) in [6.07, 6.45) is 4.35. The molecule has 30 heavy (non-hydrogen) atoms. The van der Waals surface area contributed by atoms with Gasteiger partial charge in [0.2, 0.25) is 5.91 Å². The number of nitrogens with zero attached hydrogens (tertiary/aromatic N) is 5. The van der Waals surface area contributed by atoms with Crippen LogP contribution >= 0.6 is 0 Å². The Morgan fingerprint density at radius 1 is 1.03 bits per heavy atom. The first-order valence-corrected chi connectivity index (χ1v) is 10.2. The molecule has 1 N–H and O–H groups in total. The summed E-state index contributed by atoms with van der Waals surface area (Å²) in [7, 11) is 3.13. The van der Waals surface area contributed by atoms with E-state index in [1.165, 1.54) is 19.3 Å². The van der Waals surface area contributed by atoms with Crippen molar-refractivity contribution in [2.75, 3.05) is 37.5 Å². The molecule has 2 aromatic heterocycles. The van der Waals surface area contributed by atoms with Crippen molar-refractivity contribution in [1.29, 1.82) is 0 Å². The molecule has 158 valence electrons. The molecule has 1 amide bonds. The highest BCUT2D eigenvalue weighted by atomic mass is 16.5. The molecule has 0 atom stereocenters. The molecule has 9 nitrogen and oxygen atoms in total. The summed E-state index contributed by atoms with van der Waals surface area (Å²) in [6.45, 7) is 2.04. The Kier molecular flexibility index (Phi) is 5.97. The van der Waals surface area contributed by atoms with Crippen LogP contribution in [-0.2, 0) is 11.2 Å². The lowest BCUT2D eigenvalue weighted by Gasteiger charge is -2.27. The first kappa shape index (κ1) is 19.9. The van der Waals surface area contributed by atoms with Crippen LogP contribution in [0.25, 0.3) is 5.65 Å². The number of carbonyl (C=O) groups is 1. The summed E-state index contributed by atoms with van der Waals surface area (Å²) in [4.78, 5) is 14.7. The first-order valence-electron chi connectivity index (χ1n) is 10.2. The van der Waals surface area contributed by atoms with E-state index in [1.807, 2.05) is 12.1 Å². The van der Waals surface area contributed by atoms with Gasteiger partial charge in [0.05, 0.1) is 14.2 Å². The van der Waals surface area contributed by atoms with E-state index >= 15 is 0 Å². The highest BCUT2D eigenvalue weighted by Gasteiger charge is 2.15. The second-order valence-corrected chi connectivity index (χ2v) is 7.24. The number of amides is 1. The van der Waals surface area contributed by atoms with Gasteiger partial charge in [0.25, 0.3) is 0 Å². The normalized spacial score (nSPS) is 14.0. The SMILES string of the molecule is COc1ccc(NC(=O)CCc2nnc3ccc(N4CCCCC4)nn23)cc1OC. The van der Waals surface area contributed by atoms with E-state index in [1.54, 1.807) is 36.9 Å². The van der Waals surface area contributed by atoms with Gasteiger partial charge in [-0.15, -0.1) is 15.3 Å². The third-order valence-corrected chi connectivity index (χ3v) is 5.24. The Morgan fingerprint density at radius 2 is 1.83 bits per heavy atom. The molecular weight excluding hydrogens is 384 g/mol. The van der Waals surface area contributed by atoms with Gasteiger partial charge in [0, 0.05) is 37.7 Å². The molecule has 3 aromatic rings. The molecule has 0 radical (unpaired) electrons. The van der Waals surface area contributed by atoms with Crippen LogP contribution in [-0.4, -0.2) is 53.0 Å². The second-order valence-electron chi connectivity index (χ2n) is 7.24. The Hall–Kier alpha value is -3.36. The predicted octanol–water partition coefficient (Wildman–Crippen LogP) is 2.70. The predicted molar refractivity (Wildman–Crippen MR) is 113 cm³/mol. The Morgan fingerprint density at radius 3 is 2.60 bits per heavy atom. The molecule has 1 saturated heterocycles. The summed E-state index contributed by atoms with van der Waals surface area (Å²) in [6, 6.07) is 9.18. The average Bonchev–Trinajstić information content (AvgIpc) is 3.20. The van der Waals surface area contributed by atoms with Crippen LogP contribution < -0.4 is 19.7 Å². The second kappa shape index (κ2) is 8.98. The number of hydrogen-bond acceptors (Lipinski definition) is 7. The standard InChI is InChI=1S/C21H26N6O3/c1-29-16-7-6-15(14-17(16)30-2)22-21(28)11-10-19-24-23-18-8-9-20(25-27(18)19)26-12-4-3-5-13-26/h6-9,14H,3-5,10-13H2,1-2H3,(H,22,28). The van der Waals surface area contributed by atoms with Gasteiger partial charge < -0.3 is 19.7 Å². The van der Waals surface area contributed by atoms with E-state index in [0.717, 1.165) is 18.9 Å². The van der Waals surface area contributed by atoms with E-state index in [-0.39, 0.29) is 12.3 Å². The minimum absolute atomic E-state index is 0.119. The number of aromatic nitrogens is 4. The van der Waals surface area contributed by atoms with Crippen molar-refractivity contribution >= 4 is 23.1 Å². The van der Waals surface area contributed by atoms with E-state index in [4.69, 9.17) is 14.6 Å². The minimum atomic E-state index is -0.119.